The zero-order chi connectivity index (χ0) is 17.4. The third-order valence-corrected chi connectivity index (χ3v) is 5.12. The van der Waals surface area contributed by atoms with Gasteiger partial charge in [0.15, 0.2) is 11.4 Å². The predicted molar refractivity (Wildman–Crippen MR) is 107 cm³/mol. The minimum Gasteiger partial charge on any atom is -0.489 e. The van der Waals surface area contributed by atoms with Gasteiger partial charge in [0, 0.05) is 18.2 Å². The monoisotopic (exact) mass is 371 g/mol. The fourth-order valence-electron chi connectivity index (χ4n) is 3.48. The van der Waals surface area contributed by atoms with Crippen molar-refractivity contribution in [2.24, 2.45) is 0 Å². The van der Waals surface area contributed by atoms with E-state index < -0.39 is 0 Å². The molecule has 3 aromatic rings. The highest BCUT2D eigenvalue weighted by Crippen LogP contribution is 2.48. The summed E-state index contributed by atoms with van der Waals surface area (Å²) in [5, 5.41) is 0. The highest BCUT2D eigenvalue weighted by Gasteiger charge is 2.45. The standard InChI is InChI=1S/C21H25N3O.ClH/c1-16-18(14-23(2)3)24-13-7-10-19(20(24)22-16)25-15-21(11-12-21)17-8-5-4-6-9-17;/h4-10,13H,11-12,14-15H2,1-3H3;1H. The lowest BCUT2D eigenvalue weighted by Gasteiger charge is -2.17. The van der Waals surface area contributed by atoms with E-state index in [1.165, 1.54) is 24.1 Å². The second-order valence-electron chi connectivity index (χ2n) is 7.38. The van der Waals surface area contributed by atoms with Crippen molar-refractivity contribution in [2.75, 3.05) is 20.7 Å². The molecule has 1 saturated carbocycles. The molecule has 0 aliphatic heterocycles. The number of pyridine rings is 1. The summed E-state index contributed by atoms with van der Waals surface area (Å²) in [6.07, 6.45) is 4.46. The molecule has 1 aliphatic rings. The molecule has 5 heteroatoms. The van der Waals surface area contributed by atoms with Gasteiger partial charge in [-0.1, -0.05) is 30.3 Å². The van der Waals surface area contributed by atoms with Crippen molar-refractivity contribution >= 4 is 18.1 Å². The lowest BCUT2D eigenvalue weighted by Crippen LogP contribution is -2.18. The van der Waals surface area contributed by atoms with Crippen molar-refractivity contribution < 1.29 is 4.74 Å². The van der Waals surface area contributed by atoms with Crippen molar-refractivity contribution in [3.05, 3.63) is 65.6 Å². The predicted octanol–water partition coefficient (Wildman–Crippen LogP) is 4.24. The average molecular weight is 372 g/mol. The van der Waals surface area contributed by atoms with Crippen LogP contribution in [0.15, 0.2) is 48.7 Å². The Kier molecular flexibility index (Phi) is 5.26. The number of aromatic nitrogens is 2. The summed E-state index contributed by atoms with van der Waals surface area (Å²) in [5.41, 5.74) is 4.77. The molecule has 138 valence electrons. The number of imidazole rings is 1. The molecule has 26 heavy (non-hydrogen) atoms. The Morgan fingerprint density at radius 1 is 1.12 bits per heavy atom. The SMILES string of the molecule is Cc1nc2c(OCC3(c4ccccc4)CC3)cccn2c1CN(C)C.Cl. The van der Waals surface area contributed by atoms with Crippen LogP contribution >= 0.6 is 12.4 Å². The summed E-state index contributed by atoms with van der Waals surface area (Å²) >= 11 is 0. The van der Waals surface area contributed by atoms with E-state index in [2.05, 4.69) is 66.8 Å². The number of nitrogens with zero attached hydrogens (tertiary/aromatic N) is 3. The van der Waals surface area contributed by atoms with Crippen LogP contribution in [0.3, 0.4) is 0 Å². The Morgan fingerprint density at radius 2 is 1.85 bits per heavy atom. The molecule has 1 aliphatic carbocycles. The normalized spacial score (nSPS) is 15.1. The van der Waals surface area contributed by atoms with Gasteiger partial charge in [-0.3, -0.25) is 4.40 Å². The van der Waals surface area contributed by atoms with Gasteiger partial charge in [-0.2, -0.15) is 0 Å². The van der Waals surface area contributed by atoms with E-state index in [-0.39, 0.29) is 17.8 Å². The molecule has 0 atom stereocenters. The van der Waals surface area contributed by atoms with Gasteiger partial charge in [0.25, 0.3) is 0 Å². The van der Waals surface area contributed by atoms with Gasteiger partial charge >= 0.3 is 0 Å². The van der Waals surface area contributed by atoms with E-state index in [0.717, 1.165) is 23.6 Å². The first-order chi connectivity index (χ1) is 12.1. The van der Waals surface area contributed by atoms with Crippen molar-refractivity contribution in [3.8, 4) is 5.75 Å². The average Bonchev–Trinajstić information content (AvgIpc) is 3.34. The first-order valence-corrected chi connectivity index (χ1v) is 8.89. The smallest absolute Gasteiger partial charge is 0.180 e. The first kappa shape index (κ1) is 18.7. The van der Waals surface area contributed by atoms with Gasteiger partial charge in [-0.15, -0.1) is 12.4 Å². The molecule has 0 radical (unpaired) electrons. The number of hydrogen-bond donors (Lipinski definition) is 0. The Balaban J connectivity index is 0.00000196. The lowest BCUT2D eigenvalue weighted by atomic mass is 9.97. The fraction of sp³-hybridized carbons (Fsp3) is 0.381. The maximum atomic E-state index is 6.28. The summed E-state index contributed by atoms with van der Waals surface area (Å²) in [6.45, 7) is 3.65. The number of hydrogen-bond acceptors (Lipinski definition) is 3. The number of halogens is 1. The lowest BCUT2D eigenvalue weighted by molar-refractivity contribution is 0.279. The van der Waals surface area contributed by atoms with Gasteiger partial charge in [-0.05, 0) is 51.6 Å². The van der Waals surface area contributed by atoms with Crippen LogP contribution in [0.25, 0.3) is 5.65 Å². The van der Waals surface area contributed by atoms with Crippen LogP contribution in [-0.4, -0.2) is 35.0 Å². The van der Waals surface area contributed by atoms with Crippen LogP contribution < -0.4 is 4.74 Å². The zero-order valence-electron chi connectivity index (χ0n) is 15.6. The minimum absolute atomic E-state index is 0. The fourth-order valence-corrected chi connectivity index (χ4v) is 3.48. The molecule has 0 N–H and O–H groups in total. The van der Waals surface area contributed by atoms with Crippen molar-refractivity contribution in [1.82, 2.24) is 14.3 Å². The van der Waals surface area contributed by atoms with Crippen molar-refractivity contribution in [2.45, 2.75) is 31.7 Å². The van der Waals surface area contributed by atoms with Crippen LogP contribution in [0.1, 0.15) is 29.8 Å². The third-order valence-electron chi connectivity index (χ3n) is 5.12. The van der Waals surface area contributed by atoms with Crippen LogP contribution in [0.4, 0.5) is 0 Å². The summed E-state index contributed by atoms with van der Waals surface area (Å²) in [5.74, 6) is 0.873. The summed E-state index contributed by atoms with van der Waals surface area (Å²) in [7, 11) is 4.16. The molecule has 0 spiro atoms. The highest BCUT2D eigenvalue weighted by atomic mass is 35.5. The summed E-state index contributed by atoms with van der Waals surface area (Å²) < 4.78 is 8.44. The van der Waals surface area contributed by atoms with Gasteiger partial charge in [-0.25, -0.2) is 4.98 Å². The van der Waals surface area contributed by atoms with E-state index >= 15 is 0 Å². The molecule has 4 nitrogen and oxygen atoms in total. The van der Waals surface area contributed by atoms with E-state index in [9.17, 15) is 0 Å². The summed E-state index contributed by atoms with van der Waals surface area (Å²) in [4.78, 5) is 6.94. The molecule has 1 aromatic carbocycles. The summed E-state index contributed by atoms with van der Waals surface area (Å²) in [6, 6.07) is 14.8. The van der Waals surface area contributed by atoms with E-state index in [0.29, 0.717) is 6.61 Å². The minimum atomic E-state index is 0. The van der Waals surface area contributed by atoms with Gasteiger partial charge in [0.05, 0.1) is 18.0 Å². The molecule has 0 bridgehead atoms. The van der Waals surface area contributed by atoms with Gasteiger partial charge < -0.3 is 9.64 Å². The molecule has 0 unspecified atom stereocenters. The topological polar surface area (TPSA) is 29.8 Å². The van der Waals surface area contributed by atoms with Crippen LogP contribution in [0, 0.1) is 6.92 Å². The van der Waals surface area contributed by atoms with Crippen LogP contribution in [-0.2, 0) is 12.0 Å². The van der Waals surface area contributed by atoms with Gasteiger partial charge in [0.1, 0.15) is 0 Å². The Labute approximate surface area is 161 Å². The van der Waals surface area contributed by atoms with E-state index in [1.54, 1.807) is 0 Å². The number of rotatable bonds is 6. The van der Waals surface area contributed by atoms with Crippen LogP contribution in [0.5, 0.6) is 5.75 Å². The first-order valence-electron chi connectivity index (χ1n) is 8.89. The van der Waals surface area contributed by atoms with Crippen molar-refractivity contribution in [1.29, 1.82) is 0 Å². The number of fused-ring (bicyclic) bond motifs is 1. The van der Waals surface area contributed by atoms with Crippen molar-refractivity contribution in [3.63, 3.8) is 0 Å². The van der Waals surface area contributed by atoms with E-state index in [4.69, 9.17) is 9.72 Å². The third kappa shape index (κ3) is 3.44. The van der Waals surface area contributed by atoms with Crippen LogP contribution in [0.2, 0.25) is 0 Å². The largest absolute Gasteiger partial charge is 0.489 e. The maximum Gasteiger partial charge on any atom is 0.180 e. The Hall–Kier alpha value is -2.04. The highest BCUT2D eigenvalue weighted by molar-refractivity contribution is 5.85. The second kappa shape index (κ2) is 7.29. The number of aryl methyl sites for hydroxylation is 1. The van der Waals surface area contributed by atoms with Gasteiger partial charge in [0.2, 0.25) is 0 Å². The molecule has 2 heterocycles. The molecule has 2 aromatic heterocycles. The zero-order valence-corrected chi connectivity index (χ0v) is 16.4. The molecular formula is C21H26ClN3O. The molecule has 0 saturated heterocycles. The Bertz CT molecular complexity index is 885. The Morgan fingerprint density at radius 3 is 2.50 bits per heavy atom. The second-order valence-corrected chi connectivity index (χ2v) is 7.38. The molecule has 0 amide bonds. The molecule has 1 fully saturated rings. The maximum absolute atomic E-state index is 6.28. The number of ether oxygens (including phenoxy) is 1. The molecular weight excluding hydrogens is 346 g/mol. The number of benzene rings is 1. The van der Waals surface area contributed by atoms with E-state index in [1.807, 2.05) is 12.1 Å². The molecule has 4 rings (SSSR count). The quantitative estimate of drug-likeness (QED) is 0.649.